The van der Waals surface area contributed by atoms with E-state index in [2.05, 4.69) is 16.5 Å². The summed E-state index contributed by atoms with van der Waals surface area (Å²) in [5.74, 6) is 1.75. The molecule has 0 bridgehead atoms. The lowest BCUT2D eigenvalue weighted by Gasteiger charge is -2.20. The summed E-state index contributed by atoms with van der Waals surface area (Å²) in [6.45, 7) is 6.33. The second kappa shape index (κ2) is 6.29. The monoisotopic (exact) mass is 279 g/mol. The molecule has 20 heavy (non-hydrogen) atoms. The summed E-state index contributed by atoms with van der Waals surface area (Å²) < 4.78 is 7.09. The Labute approximate surface area is 120 Å². The highest BCUT2D eigenvalue weighted by Gasteiger charge is 2.29. The van der Waals surface area contributed by atoms with E-state index in [0.717, 1.165) is 31.0 Å². The van der Waals surface area contributed by atoms with Gasteiger partial charge in [-0.15, -0.1) is 0 Å². The fourth-order valence-corrected chi connectivity index (χ4v) is 2.69. The Hall–Kier alpha value is -1.52. The summed E-state index contributed by atoms with van der Waals surface area (Å²) in [6, 6.07) is 0.341. The maximum atomic E-state index is 11.9. The maximum absolute atomic E-state index is 11.9. The highest BCUT2D eigenvalue weighted by Crippen LogP contribution is 2.39. The predicted molar refractivity (Wildman–Crippen MR) is 78.6 cm³/mol. The normalized spacial score (nSPS) is 16.1. The van der Waals surface area contributed by atoms with Gasteiger partial charge in [0.2, 0.25) is 0 Å². The topological polar surface area (TPSA) is 70.1 Å². The molecule has 0 amide bonds. The van der Waals surface area contributed by atoms with Gasteiger partial charge in [0.25, 0.3) is 0 Å². The number of aryl methyl sites for hydroxylation is 1. The van der Waals surface area contributed by atoms with E-state index in [1.165, 1.54) is 12.8 Å². The molecule has 2 N–H and O–H groups in total. The highest BCUT2D eigenvalue weighted by molar-refractivity contribution is 5.92. The number of rotatable bonds is 7. The van der Waals surface area contributed by atoms with E-state index in [0.29, 0.717) is 18.5 Å². The third-order valence-electron chi connectivity index (χ3n) is 3.94. The van der Waals surface area contributed by atoms with Crippen LogP contribution in [0.5, 0.6) is 0 Å². The molecule has 1 aliphatic rings. The Morgan fingerprint density at radius 2 is 2.15 bits per heavy atom. The van der Waals surface area contributed by atoms with Gasteiger partial charge in [0.05, 0.1) is 6.61 Å². The average Bonchev–Trinajstić information content (AvgIpc) is 3.19. The van der Waals surface area contributed by atoms with E-state index in [1.807, 2.05) is 6.92 Å². The third kappa shape index (κ3) is 2.97. The molecule has 1 saturated carbocycles. The summed E-state index contributed by atoms with van der Waals surface area (Å²) in [5.41, 5.74) is 6.46. The van der Waals surface area contributed by atoms with Crippen LogP contribution in [0.1, 0.15) is 68.8 Å². The largest absolute Gasteiger partial charge is 0.461 e. The number of nitrogens with two attached hydrogens (primary N) is 1. The average molecular weight is 279 g/mol. The smallest absolute Gasteiger partial charge is 0.360 e. The van der Waals surface area contributed by atoms with Crippen LogP contribution in [0.15, 0.2) is 0 Å². The Bertz CT molecular complexity index is 478. The zero-order valence-corrected chi connectivity index (χ0v) is 12.7. The van der Waals surface area contributed by atoms with Crippen LogP contribution in [0, 0.1) is 5.92 Å². The first-order valence-electron chi connectivity index (χ1n) is 7.65. The van der Waals surface area contributed by atoms with Crippen LogP contribution in [-0.4, -0.2) is 22.1 Å². The molecule has 1 atom stereocenters. The SMILES string of the molecule is CCOC(=O)c1nc(CC)n(C(CC)CC2CC2)c1N. The molecule has 112 valence electrons. The van der Waals surface area contributed by atoms with Crippen LogP contribution < -0.4 is 5.73 Å². The van der Waals surface area contributed by atoms with Gasteiger partial charge >= 0.3 is 5.97 Å². The molecule has 1 aliphatic carbocycles. The van der Waals surface area contributed by atoms with Gasteiger partial charge in [-0.1, -0.05) is 26.7 Å². The number of imidazole rings is 1. The number of carbonyl (C=O) groups is 1. The Morgan fingerprint density at radius 1 is 1.45 bits per heavy atom. The summed E-state index contributed by atoms with van der Waals surface area (Å²) in [7, 11) is 0. The van der Waals surface area contributed by atoms with Crippen LogP contribution in [0.2, 0.25) is 0 Å². The second-order valence-electron chi connectivity index (χ2n) is 5.45. The molecule has 1 aromatic heterocycles. The van der Waals surface area contributed by atoms with Crippen molar-refractivity contribution >= 4 is 11.8 Å². The van der Waals surface area contributed by atoms with Gasteiger partial charge in [0.1, 0.15) is 11.6 Å². The van der Waals surface area contributed by atoms with E-state index in [1.54, 1.807) is 6.92 Å². The van der Waals surface area contributed by atoms with Crippen molar-refractivity contribution in [2.24, 2.45) is 5.92 Å². The molecule has 2 rings (SSSR count). The zero-order chi connectivity index (χ0) is 14.7. The van der Waals surface area contributed by atoms with Crippen molar-refractivity contribution in [1.29, 1.82) is 0 Å². The van der Waals surface area contributed by atoms with Gasteiger partial charge in [-0.3, -0.25) is 0 Å². The first kappa shape index (κ1) is 14.9. The fraction of sp³-hybridized carbons (Fsp3) is 0.733. The standard InChI is InChI=1S/C15H25N3O2/c1-4-11(9-10-7-8-10)18-12(5-2)17-13(14(18)16)15(19)20-6-3/h10-11H,4-9,16H2,1-3H3. The van der Waals surface area contributed by atoms with Crippen molar-refractivity contribution in [3.63, 3.8) is 0 Å². The number of ether oxygens (including phenoxy) is 1. The summed E-state index contributed by atoms with van der Waals surface area (Å²) in [4.78, 5) is 16.3. The Morgan fingerprint density at radius 3 is 2.65 bits per heavy atom. The summed E-state index contributed by atoms with van der Waals surface area (Å²) in [6.07, 6.45) is 5.54. The van der Waals surface area contributed by atoms with Crippen LogP contribution in [0.3, 0.4) is 0 Å². The number of nitrogen functional groups attached to an aromatic ring is 1. The van der Waals surface area contributed by atoms with Crippen molar-refractivity contribution in [2.75, 3.05) is 12.3 Å². The van der Waals surface area contributed by atoms with Gasteiger partial charge < -0.3 is 15.0 Å². The van der Waals surface area contributed by atoms with Crippen molar-refractivity contribution < 1.29 is 9.53 Å². The molecule has 1 fully saturated rings. The third-order valence-corrected chi connectivity index (χ3v) is 3.94. The van der Waals surface area contributed by atoms with Crippen molar-refractivity contribution in [3.05, 3.63) is 11.5 Å². The van der Waals surface area contributed by atoms with E-state index in [4.69, 9.17) is 10.5 Å². The van der Waals surface area contributed by atoms with Crippen LogP contribution >= 0.6 is 0 Å². The minimum Gasteiger partial charge on any atom is -0.461 e. The minimum absolute atomic E-state index is 0.276. The fourth-order valence-electron chi connectivity index (χ4n) is 2.69. The molecular formula is C15H25N3O2. The number of hydrogen-bond acceptors (Lipinski definition) is 4. The number of esters is 1. The van der Waals surface area contributed by atoms with Crippen LogP contribution in [0.4, 0.5) is 5.82 Å². The first-order valence-corrected chi connectivity index (χ1v) is 7.65. The molecule has 0 aromatic carbocycles. The molecule has 0 spiro atoms. The number of anilines is 1. The van der Waals surface area contributed by atoms with E-state index in [9.17, 15) is 4.79 Å². The molecule has 5 heteroatoms. The van der Waals surface area contributed by atoms with Gasteiger partial charge in [-0.05, 0) is 25.7 Å². The first-order chi connectivity index (χ1) is 9.62. The molecule has 0 saturated heterocycles. The zero-order valence-electron chi connectivity index (χ0n) is 12.7. The Kier molecular flexibility index (Phi) is 4.68. The second-order valence-corrected chi connectivity index (χ2v) is 5.45. The maximum Gasteiger partial charge on any atom is 0.360 e. The van der Waals surface area contributed by atoms with E-state index < -0.39 is 5.97 Å². The van der Waals surface area contributed by atoms with Crippen molar-refractivity contribution in [2.45, 2.75) is 58.9 Å². The van der Waals surface area contributed by atoms with Crippen molar-refractivity contribution in [3.8, 4) is 0 Å². The quantitative estimate of drug-likeness (QED) is 0.779. The molecule has 0 radical (unpaired) electrons. The predicted octanol–water partition coefficient (Wildman–Crippen LogP) is 2.96. The van der Waals surface area contributed by atoms with Gasteiger partial charge in [0.15, 0.2) is 5.69 Å². The van der Waals surface area contributed by atoms with E-state index in [-0.39, 0.29) is 5.69 Å². The molecular weight excluding hydrogens is 254 g/mol. The lowest BCUT2D eigenvalue weighted by Crippen LogP contribution is -2.15. The molecule has 5 nitrogen and oxygen atoms in total. The number of nitrogens with zero attached hydrogens (tertiary/aromatic N) is 2. The van der Waals surface area contributed by atoms with Gasteiger partial charge in [0, 0.05) is 12.5 Å². The van der Waals surface area contributed by atoms with Crippen LogP contribution in [0.25, 0.3) is 0 Å². The number of aromatic nitrogens is 2. The minimum atomic E-state index is -0.417. The molecule has 0 aliphatic heterocycles. The van der Waals surface area contributed by atoms with Gasteiger partial charge in [-0.25, -0.2) is 9.78 Å². The molecule has 1 heterocycles. The Balaban J connectivity index is 2.31. The van der Waals surface area contributed by atoms with Gasteiger partial charge in [-0.2, -0.15) is 0 Å². The highest BCUT2D eigenvalue weighted by atomic mass is 16.5. The summed E-state index contributed by atoms with van der Waals surface area (Å²) in [5, 5.41) is 0. The van der Waals surface area contributed by atoms with Crippen LogP contribution in [-0.2, 0) is 11.2 Å². The summed E-state index contributed by atoms with van der Waals surface area (Å²) >= 11 is 0. The molecule has 1 unspecified atom stereocenters. The number of carbonyl (C=O) groups excluding carboxylic acids is 1. The van der Waals surface area contributed by atoms with Crippen molar-refractivity contribution in [1.82, 2.24) is 9.55 Å². The number of hydrogen-bond donors (Lipinski definition) is 1. The van der Waals surface area contributed by atoms with E-state index >= 15 is 0 Å². The molecule has 1 aromatic rings. The lowest BCUT2D eigenvalue weighted by molar-refractivity contribution is 0.0521. The lowest BCUT2D eigenvalue weighted by atomic mass is 10.1.